The van der Waals surface area contributed by atoms with Crippen molar-refractivity contribution in [3.63, 3.8) is 0 Å². The summed E-state index contributed by atoms with van der Waals surface area (Å²) in [5.74, 6) is 1.39. The van der Waals surface area contributed by atoms with Gasteiger partial charge in [0.2, 0.25) is 5.91 Å². The van der Waals surface area contributed by atoms with Crippen LogP contribution in [0.5, 0.6) is 0 Å². The minimum Gasteiger partial charge on any atom is -0.461 e. The Morgan fingerprint density at radius 3 is 3.00 bits per heavy atom. The number of nitrogens with zero attached hydrogens (tertiary/aromatic N) is 1. The summed E-state index contributed by atoms with van der Waals surface area (Å²) < 4.78 is 5.75. The zero-order chi connectivity index (χ0) is 17.1. The van der Waals surface area contributed by atoms with Gasteiger partial charge < -0.3 is 15.1 Å². The summed E-state index contributed by atoms with van der Waals surface area (Å²) in [6.45, 7) is 2.11. The Labute approximate surface area is 150 Å². The van der Waals surface area contributed by atoms with Crippen LogP contribution >= 0.6 is 11.3 Å². The fourth-order valence-electron chi connectivity index (χ4n) is 3.22. The molecule has 5 nitrogen and oxygen atoms in total. The van der Waals surface area contributed by atoms with Crippen molar-refractivity contribution < 1.29 is 9.21 Å². The average molecular weight is 355 g/mol. The zero-order valence-corrected chi connectivity index (χ0v) is 14.8. The molecule has 0 bridgehead atoms. The molecule has 2 N–H and O–H groups in total. The summed E-state index contributed by atoms with van der Waals surface area (Å²) in [6, 6.07) is 9.89. The molecule has 0 unspecified atom stereocenters. The lowest BCUT2D eigenvalue weighted by atomic mass is 9.97. The third-order valence-corrected chi connectivity index (χ3v) is 5.66. The Morgan fingerprint density at radius 1 is 1.32 bits per heavy atom. The second kappa shape index (κ2) is 7.37. The number of nitrogens with one attached hydrogen (secondary N) is 2. The first-order chi connectivity index (χ1) is 12.3. The summed E-state index contributed by atoms with van der Waals surface area (Å²) in [5, 5.41) is 8.06. The molecular weight excluding hydrogens is 334 g/mol. The number of carbonyl (C=O) groups is 1. The van der Waals surface area contributed by atoms with Gasteiger partial charge in [-0.1, -0.05) is 18.2 Å². The molecule has 6 heteroatoms. The smallest absolute Gasteiger partial charge is 0.226 e. The minimum absolute atomic E-state index is 0.0216. The monoisotopic (exact) mass is 355 g/mol. The molecule has 1 aliphatic heterocycles. The number of thiazole rings is 1. The van der Waals surface area contributed by atoms with Gasteiger partial charge in [0, 0.05) is 29.3 Å². The van der Waals surface area contributed by atoms with Crippen molar-refractivity contribution in [1.82, 2.24) is 10.3 Å². The van der Waals surface area contributed by atoms with Crippen LogP contribution in [0.4, 0.5) is 5.13 Å². The van der Waals surface area contributed by atoms with Crippen molar-refractivity contribution in [2.24, 2.45) is 0 Å². The van der Waals surface area contributed by atoms with Crippen molar-refractivity contribution >= 4 is 33.3 Å². The number of rotatable bonds is 5. The molecule has 3 aromatic rings. The summed E-state index contributed by atoms with van der Waals surface area (Å²) in [6.07, 6.45) is 5.17. The van der Waals surface area contributed by atoms with Crippen LogP contribution in [0.3, 0.4) is 0 Å². The zero-order valence-electron chi connectivity index (χ0n) is 14.0. The van der Waals surface area contributed by atoms with Crippen molar-refractivity contribution in [2.75, 3.05) is 18.4 Å². The highest BCUT2D eigenvalue weighted by Gasteiger charge is 2.18. The molecule has 1 aliphatic rings. The van der Waals surface area contributed by atoms with Crippen LogP contribution in [-0.4, -0.2) is 24.0 Å². The SMILES string of the molecule is O=C(CCc1cc2ccccc2o1)Nc1ncc(C2CCNCC2)s1. The number of anilines is 1. The first kappa shape index (κ1) is 16.3. The van der Waals surface area contributed by atoms with Crippen molar-refractivity contribution in [3.8, 4) is 0 Å². The lowest BCUT2D eigenvalue weighted by Gasteiger charge is -2.20. The summed E-state index contributed by atoms with van der Waals surface area (Å²) >= 11 is 1.60. The third-order valence-electron chi connectivity index (χ3n) is 4.59. The molecule has 1 amide bonds. The minimum atomic E-state index is -0.0216. The van der Waals surface area contributed by atoms with E-state index >= 15 is 0 Å². The molecule has 0 aliphatic carbocycles. The van der Waals surface area contributed by atoms with E-state index in [0.717, 1.165) is 42.7 Å². The van der Waals surface area contributed by atoms with E-state index in [1.807, 2.05) is 36.5 Å². The second-order valence-electron chi connectivity index (χ2n) is 6.39. The Hall–Kier alpha value is -2.18. The molecule has 0 radical (unpaired) electrons. The Balaban J connectivity index is 1.32. The molecule has 3 heterocycles. The lowest BCUT2D eigenvalue weighted by molar-refractivity contribution is -0.116. The van der Waals surface area contributed by atoms with E-state index in [1.165, 1.54) is 4.88 Å². The van der Waals surface area contributed by atoms with Gasteiger partial charge in [-0.25, -0.2) is 4.98 Å². The normalized spacial score (nSPS) is 15.5. The lowest BCUT2D eigenvalue weighted by Crippen LogP contribution is -2.26. The van der Waals surface area contributed by atoms with E-state index in [2.05, 4.69) is 15.6 Å². The Kier molecular flexibility index (Phi) is 4.81. The maximum atomic E-state index is 12.2. The maximum Gasteiger partial charge on any atom is 0.226 e. The predicted octanol–water partition coefficient (Wildman–Crippen LogP) is 3.93. The third kappa shape index (κ3) is 3.91. The van der Waals surface area contributed by atoms with Gasteiger partial charge in [-0.05, 0) is 44.0 Å². The molecule has 1 aromatic carbocycles. The van der Waals surface area contributed by atoms with E-state index in [9.17, 15) is 4.79 Å². The molecular formula is C19H21N3O2S. The van der Waals surface area contributed by atoms with E-state index in [0.29, 0.717) is 23.9 Å². The van der Waals surface area contributed by atoms with Crippen LogP contribution in [0.2, 0.25) is 0 Å². The Bertz CT molecular complexity index is 831. The molecule has 130 valence electrons. The fourth-order valence-corrected chi connectivity index (χ4v) is 4.22. The fraction of sp³-hybridized carbons (Fsp3) is 0.368. The van der Waals surface area contributed by atoms with Crippen molar-refractivity contribution in [3.05, 3.63) is 47.2 Å². The van der Waals surface area contributed by atoms with Crippen molar-refractivity contribution in [1.29, 1.82) is 0 Å². The largest absolute Gasteiger partial charge is 0.461 e. The number of hydrogen-bond donors (Lipinski definition) is 2. The van der Waals surface area contributed by atoms with Crippen LogP contribution in [0.25, 0.3) is 11.0 Å². The number of piperidine rings is 1. The number of amides is 1. The molecule has 0 spiro atoms. The Morgan fingerprint density at radius 2 is 2.16 bits per heavy atom. The van der Waals surface area contributed by atoms with Crippen LogP contribution in [0.1, 0.15) is 35.8 Å². The quantitative estimate of drug-likeness (QED) is 0.728. The average Bonchev–Trinajstić information content (AvgIpc) is 3.27. The van der Waals surface area contributed by atoms with Crippen LogP contribution in [-0.2, 0) is 11.2 Å². The topological polar surface area (TPSA) is 67.2 Å². The molecule has 1 saturated heterocycles. The van der Waals surface area contributed by atoms with Crippen molar-refractivity contribution in [2.45, 2.75) is 31.6 Å². The van der Waals surface area contributed by atoms with Gasteiger partial charge in [0.15, 0.2) is 5.13 Å². The van der Waals surface area contributed by atoms with Gasteiger partial charge in [0.05, 0.1) is 0 Å². The molecule has 25 heavy (non-hydrogen) atoms. The standard InChI is InChI=1S/C19H21N3O2S/c23-18(6-5-15-11-14-3-1-2-4-16(14)24-15)22-19-21-12-17(25-19)13-7-9-20-10-8-13/h1-4,11-13,20H,5-10H2,(H,21,22,23). The molecule has 2 aromatic heterocycles. The van der Waals surface area contributed by atoms with Crippen LogP contribution in [0.15, 0.2) is 40.9 Å². The number of para-hydroxylation sites is 1. The number of furan rings is 1. The highest BCUT2D eigenvalue weighted by atomic mass is 32.1. The number of benzene rings is 1. The van der Waals surface area contributed by atoms with E-state index < -0.39 is 0 Å². The van der Waals surface area contributed by atoms with E-state index in [1.54, 1.807) is 11.3 Å². The summed E-state index contributed by atoms with van der Waals surface area (Å²) in [5.41, 5.74) is 0.865. The summed E-state index contributed by atoms with van der Waals surface area (Å²) in [7, 11) is 0. The highest BCUT2D eigenvalue weighted by Crippen LogP contribution is 2.31. The van der Waals surface area contributed by atoms with Gasteiger partial charge >= 0.3 is 0 Å². The predicted molar refractivity (Wildman–Crippen MR) is 100 cm³/mol. The van der Waals surface area contributed by atoms with Gasteiger partial charge in [0.1, 0.15) is 11.3 Å². The van der Waals surface area contributed by atoms with Gasteiger partial charge in [0.25, 0.3) is 0 Å². The first-order valence-corrected chi connectivity index (χ1v) is 9.53. The molecule has 0 atom stereocenters. The first-order valence-electron chi connectivity index (χ1n) is 8.72. The van der Waals surface area contributed by atoms with E-state index in [-0.39, 0.29) is 5.91 Å². The van der Waals surface area contributed by atoms with Gasteiger partial charge in [-0.2, -0.15) is 0 Å². The van der Waals surface area contributed by atoms with Crippen LogP contribution in [0, 0.1) is 0 Å². The highest BCUT2D eigenvalue weighted by molar-refractivity contribution is 7.15. The van der Waals surface area contributed by atoms with Gasteiger partial charge in [-0.15, -0.1) is 11.3 Å². The molecule has 0 saturated carbocycles. The number of carbonyl (C=O) groups excluding carboxylic acids is 1. The van der Waals surface area contributed by atoms with Gasteiger partial charge in [-0.3, -0.25) is 4.79 Å². The van der Waals surface area contributed by atoms with E-state index in [4.69, 9.17) is 4.42 Å². The number of aryl methyl sites for hydroxylation is 1. The second-order valence-corrected chi connectivity index (χ2v) is 7.45. The molecule has 1 fully saturated rings. The number of aromatic nitrogens is 1. The molecule has 4 rings (SSSR count). The maximum absolute atomic E-state index is 12.2. The van der Waals surface area contributed by atoms with Crippen LogP contribution < -0.4 is 10.6 Å². The summed E-state index contributed by atoms with van der Waals surface area (Å²) in [4.78, 5) is 17.8. The number of fused-ring (bicyclic) bond motifs is 1. The number of hydrogen-bond acceptors (Lipinski definition) is 5.